The lowest BCUT2D eigenvalue weighted by Gasteiger charge is -2.13. The molecule has 32 heavy (non-hydrogen) atoms. The lowest BCUT2D eigenvalue weighted by molar-refractivity contribution is -0.137. The van der Waals surface area contributed by atoms with Gasteiger partial charge < -0.3 is 15.2 Å². The average molecular weight is 443 g/mol. The number of aliphatic hydroxyl groups is 1. The molecule has 0 saturated heterocycles. The first-order valence-electron chi connectivity index (χ1n) is 10.2. The molecule has 0 heterocycles. The second kappa shape index (κ2) is 10.8. The highest BCUT2D eigenvalue weighted by Gasteiger charge is 2.30. The molecule has 7 heteroatoms. The lowest BCUT2D eigenvalue weighted by atomic mass is 10.0. The first-order chi connectivity index (χ1) is 15.3. The zero-order chi connectivity index (χ0) is 23.0. The van der Waals surface area contributed by atoms with E-state index in [1.54, 1.807) is 0 Å². The standard InChI is InChI=1S/C25H24F3NO3/c26-25(27,28)21-10-6-19(7-11-21)16-23(30)24(31)29-15-14-18-8-12-22(13-9-18)32-17-20-4-2-1-3-5-20/h1-13,23,30H,14-17H2,(H,29,31). The maximum absolute atomic E-state index is 12.6. The summed E-state index contributed by atoms with van der Waals surface area (Å²) in [4.78, 5) is 12.1. The van der Waals surface area contributed by atoms with Crippen LogP contribution in [0.5, 0.6) is 5.75 Å². The molecule has 0 aliphatic carbocycles. The molecule has 0 saturated carbocycles. The highest BCUT2D eigenvalue weighted by Crippen LogP contribution is 2.29. The van der Waals surface area contributed by atoms with Crippen molar-refractivity contribution in [1.82, 2.24) is 5.32 Å². The fraction of sp³-hybridized carbons (Fsp3) is 0.240. The van der Waals surface area contributed by atoms with Gasteiger partial charge in [-0.15, -0.1) is 0 Å². The summed E-state index contributed by atoms with van der Waals surface area (Å²) in [6, 6.07) is 21.8. The quantitative estimate of drug-likeness (QED) is 0.510. The Labute approximate surface area is 184 Å². The van der Waals surface area contributed by atoms with E-state index in [2.05, 4.69) is 5.32 Å². The van der Waals surface area contributed by atoms with Gasteiger partial charge in [-0.25, -0.2) is 0 Å². The maximum atomic E-state index is 12.6. The van der Waals surface area contributed by atoms with E-state index in [1.807, 2.05) is 54.6 Å². The summed E-state index contributed by atoms with van der Waals surface area (Å²) in [6.45, 7) is 0.806. The Hall–Kier alpha value is -3.32. The van der Waals surface area contributed by atoms with Crippen molar-refractivity contribution in [2.24, 2.45) is 0 Å². The monoisotopic (exact) mass is 443 g/mol. The Morgan fingerprint density at radius 3 is 2.12 bits per heavy atom. The number of carbonyl (C=O) groups is 1. The van der Waals surface area contributed by atoms with Gasteiger partial charge in [-0.2, -0.15) is 13.2 Å². The molecule has 2 N–H and O–H groups in total. The minimum atomic E-state index is -4.42. The number of ether oxygens (including phenoxy) is 1. The van der Waals surface area contributed by atoms with E-state index in [0.29, 0.717) is 25.1 Å². The van der Waals surface area contributed by atoms with Crippen molar-refractivity contribution in [1.29, 1.82) is 0 Å². The summed E-state index contributed by atoms with van der Waals surface area (Å²) < 4.78 is 43.5. The van der Waals surface area contributed by atoms with Gasteiger partial charge in [-0.05, 0) is 47.4 Å². The molecule has 4 nitrogen and oxygen atoms in total. The molecule has 168 valence electrons. The number of benzene rings is 3. The maximum Gasteiger partial charge on any atom is 0.416 e. The predicted molar refractivity (Wildman–Crippen MR) is 115 cm³/mol. The summed E-state index contributed by atoms with van der Waals surface area (Å²) in [6.07, 6.45) is -5.24. The van der Waals surface area contributed by atoms with E-state index in [-0.39, 0.29) is 6.42 Å². The molecule has 3 aromatic rings. The lowest BCUT2D eigenvalue weighted by Crippen LogP contribution is -2.37. The van der Waals surface area contributed by atoms with E-state index >= 15 is 0 Å². The van der Waals surface area contributed by atoms with Crippen LogP contribution in [0, 0.1) is 0 Å². The van der Waals surface area contributed by atoms with Crippen LogP contribution in [0.2, 0.25) is 0 Å². The summed E-state index contributed by atoms with van der Waals surface area (Å²) >= 11 is 0. The Bertz CT molecular complexity index is 988. The Morgan fingerprint density at radius 1 is 0.875 bits per heavy atom. The Balaban J connectivity index is 1.40. The van der Waals surface area contributed by atoms with Crippen molar-refractivity contribution >= 4 is 5.91 Å². The topological polar surface area (TPSA) is 58.6 Å². The fourth-order valence-electron chi connectivity index (χ4n) is 3.09. The van der Waals surface area contributed by atoms with Gasteiger partial charge in [0.2, 0.25) is 5.91 Å². The number of carbonyl (C=O) groups excluding carboxylic acids is 1. The van der Waals surface area contributed by atoms with E-state index in [1.165, 1.54) is 12.1 Å². The van der Waals surface area contributed by atoms with Crippen molar-refractivity contribution in [3.63, 3.8) is 0 Å². The summed E-state index contributed by atoms with van der Waals surface area (Å²) in [7, 11) is 0. The van der Waals surface area contributed by atoms with Gasteiger partial charge in [0.05, 0.1) is 5.56 Å². The Kier molecular flexibility index (Phi) is 7.89. The van der Waals surface area contributed by atoms with Crippen LogP contribution in [0.3, 0.4) is 0 Å². The molecule has 3 aromatic carbocycles. The molecule has 0 aliphatic rings. The summed E-state index contributed by atoms with van der Waals surface area (Å²) in [5.41, 5.74) is 1.76. The van der Waals surface area contributed by atoms with Gasteiger partial charge in [0.25, 0.3) is 0 Å². The van der Waals surface area contributed by atoms with Crippen molar-refractivity contribution < 1.29 is 27.8 Å². The van der Waals surface area contributed by atoms with E-state index in [4.69, 9.17) is 4.74 Å². The number of hydrogen-bond donors (Lipinski definition) is 2. The number of rotatable bonds is 9. The van der Waals surface area contributed by atoms with Crippen LogP contribution in [0.15, 0.2) is 78.9 Å². The highest BCUT2D eigenvalue weighted by atomic mass is 19.4. The minimum absolute atomic E-state index is 0.0581. The van der Waals surface area contributed by atoms with Gasteiger partial charge in [-0.1, -0.05) is 54.6 Å². The van der Waals surface area contributed by atoms with Crippen LogP contribution >= 0.6 is 0 Å². The van der Waals surface area contributed by atoms with Gasteiger partial charge in [0, 0.05) is 13.0 Å². The summed E-state index contributed by atoms with van der Waals surface area (Å²) in [5, 5.41) is 12.7. The molecule has 1 atom stereocenters. The van der Waals surface area contributed by atoms with E-state index in [0.717, 1.165) is 29.0 Å². The molecule has 0 aliphatic heterocycles. The van der Waals surface area contributed by atoms with Crippen molar-refractivity contribution in [2.75, 3.05) is 6.54 Å². The smallest absolute Gasteiger partial charge is 0.416 e. The highest BCUT2D eigenvalue weighted by molar-refractivity contribution is 5.80. The van der Waals surface area contributed by atoms with Crippen LogP contribution in [-0.2, 0) is 30.4 Å². The zero-order valence-corrected chi connectivity index (χ0v) is 17.3. The molecule has 1 amide bonds. The van der Waals surface area contributed by atoms with Gasteiger partial charge in [0.1, 0.15) is 18.5 Å². The van der Waals surface area contributed by atoms with Crippen LogP contribution in [-0.4, -0.2) is 23.7 Å². The minimum Gasteiger partial charge on any atom is -0.489 e. The van der Waals surface area contributed by atoms with Gasteiger partial charge >= 0.3 is 6.18 Å². The van der Waals surface area contributed by atoms with Gasteiger partial charge in [0.15, 0.2) is 0 Å². The van der Waals surface area contributed by atoms with Crippen molar-refractivity contribution in [2.45, 2.75) is 31.7 Å². The molecule has 0 radical (unpaired) electrons. The molecular formula is C25H24F3NO3. The molecule has 3 rings (SSSR count). The van der Waals surface area contributed by atoms with Crippen LogP contribution < -0.4 is 10.1 Å². The molecule has 0 aromatic heterocycles. The second-order valence-corrected chi connectivity index (χ2v) is 7.37. The number of amides is 1. The average Bonchev–Trinajstić information content (AvgIpc) is 2.79. The molecule has 0 spiro atoms. The zero-order valence-electron chi connectivity index (χ0n) is 17.3. The van der Waals surface area contributed by atoms with Gasteiger partial charge in [-0.3, -0.25) is 4.79 Å². The molecule has 0 fully saturated rings. The largest absolute Gasteiger partial charge is 0.489 e. The number of hydrogen-bond acceptors (Lipinski definition) is 3. The number of alkyl halides is 3. The Morgan fingerprint density at radius 2 is 1.50 bits per heavy atom. The predicted octanol–water partition coefficient (Wildman–Crippen LogP) is 4.55. The third-order valence-electron chi connectivity index (χ3n) is 4.90. The molecule has 0 bridgehead atoms. The molecular weight excluding hydrogens is 419 g/mol. The normalized spacial score (nSPS) is 12.2. The van der Waals surface area contributed by atoms with Crippen molar-refractivity contribution in [3.05, 3.63) is 101 Å². The summed E-state index contributed by atoms with van der Waals surface area (Å²) in [5.74, 6) is 0.182. The van der Waals surface area contributed by atoms with Crippen LogP contribution in [0.4, 0.5) is 13.2 Å². The second-order valence-electron chi connectivity index (χ2n) is 7.37. The first kappa shape index (κ1) is 23.3. The SMILES string of the molecule is O=C(NCCc1ccc(OCc2ccccc2)cc1)C(O)Cc1ccc(C(F)(F)F)cc1. The third kappa shape index (κ3) is 7.13. The molecule has 1 unspecified atom stereocenters. The van der Waals surface area contributed by atoms with E-state index < -0.39 is 23.8 Å². The third-order valence-corrected chi connectivity index (χ3v) is 4.90. The van der Waals surface area contributed by atoms with E-state index in [9.17, 15) is 23.1 Å². The van der Waals surface area contributed by atoms with Crippen LogP contribution in [0.1, 0.15) is 22.3 Å². The first-order valence-corrected chi connectivity index (χ1v) is 10.2. The number of nitrogens with one attached hydrogen (secondary N) is 1. The van der Waals surface area contributed by atoms with Crippen molar-refractivity contribution in [3.8, 4) is 5.75 Å². The van der Waals surface area contributed by atoms with Crippen LogP contribution in [0.25, 0.3) is 0 Å². The fourth-order valence-corrected chi connectivity index (χ4v) is 3.09. The number of aliphatic hydroxyl groups excluding tert-OH is 1. The number of halogens is 3.